The highest BCUT2D eigenvalue weighted by atomic mass is 35.5. The molecule has 0 radical (unpaired) electrons. The van der Waals surface area contributed by atoms with Crippen LogP contribution in [0.2, 0.25) is 5.02 Å². The minimum atomic E-state index is -3.25. The number of pyridine rings is 1. The van der Waals surface area contributed by atoms with Crippen LogP contribution in [0.3, 0.4) is 0 Å². The summed E-state index contributed by atoms with van der Waals surface area (Å²) in [5.41, 5.74) is 4.23. The summed E-state index contributed by atoms with van der Waals surface area (Å²) in [6.45, 7) is 14.6. The predicted molar refractivity (Wildman–Crippen MR) is 171 cm³/mol. The second-order valence-corrected chi connectivity index (χ2v) is 13.7. The van der Waals surface area contributed by atoms with Gasteiger partial charge in [0.25, 0.3) is 0 Å². The molecule has 0 spiro atoms. The zero-order valence-corrected chi connectivity index (χ0v) is 26.3. The van der Waals surface area contributed by atoms with E-state index in [1.165, 1.54) is 12.1 Å². The van der Waals surface area contributed by atoms with Gasteiger partial charge in [0.05, 0.1) is 22.0 Å². The summed E-state index contributed by atoms with van der Waals surface area (Å²) in [5.74, 6) is 0.513. The summed E-state index contributed by atoms with van der Waals surface area (Å²) in [4.78, 5) is 33.8. The first-order chi connectivity index (χ1) is 20.0. The van der Waals surface area contributed by atoms with Crippen molar-refractivity contribution in [1.29, 1.82) is 0 Å². The third-order valence-electron chi connectivity index (χ3n) is 8.08. The van der Waals surface area contributed by atoms with Crippen molar-refractivity contribution in [2.45, 2.75) is 52.6 Å². The van der Waals surface area contributed by atoms with E-state index in [0.29, 0.717) is 36.0 Å². The maximum atomic E-state index is 15.1. The summed E-state index contributed by atoms with van der Waals surface area (Å²) < 4.78 is 22.0. The van der Waals surface area contributed by atoms with Gasteiger partial charge in [0, 0.05) is 30.7 Å². The Labute approximate surface area is 252 Å². The molecule has 3 heterocycles. The molecule has 7 nitrogen and oxygen atoms in total. The minimum Gasteiger partial charge on any atom is -0.346 e. The van der Waals surface area contributed by atoms with Crippen molar-refractivity contribution >= 4 is 42.6 Å². The van der Waals surface area contributed by atoms with Crippen LogP contribution >= 0.6 is 19.4 Å². The lowest BCUT2D eigenvalue weighted by atomic mass is 10.0. The third kappa shape index (κ3) is 5.21. The molecule has 10 heteroatoms. The molecule has 1 saturated heterocycles. The van der Waals surface area contributed by atoms with Gasteiger partial charge in [-0.05, 0) is 62.1 Å². The number of halogens is 2. The predicted octanol–water partition coefficient (Wildman–Crippen LogP) is 7.06. The number of benzene rings is 2. The first-order valence-corrected chi connectivity index (χ1v) is 16.8. The number of fused-ring (bicyclic) bond motifs is 1. The molecule has 1 aromatic heterocycles. The monoisotopic (exact) mass is 608 g/mol. The molecular weight excluding hydrogens is 572 g/mol. The van der Waals surface area contributed by atoms with E-state index >= 15 is 4.39 Å². The molecule has 0 saturated carbocycles. The average molecular weight is 609 g/mol. The normalized spacial score (nSPS) is 22.1. The first-order valence-electron chi connectivity index (χ1n) is 14.3. The Balaban J connectivity index is 1.76. The number of carbonyl (C=O) groups excluding carboxylic acids is 1. The maximum absolute atomic E-state index is 15.1. The smallest absolute Gasteiger partial charge is 0.346 e. The Hall–Kier alpha value is -3.32. The molecule has 42 heavy (non-hydrogen) atoms. The fourth-order valence-electron chi connectivity index (χ4n) is 5.95. The number of aryl methyl sites for hydroxylation is 2. The van der Waals surface area contributed by atoms with Gasteiger partial charge in [0.15, 0.2) is 11.7 Å². The van der Waals surface area contributed by atoms with E-state index in [0.717, 1.165) is 29.7 Å². The van der Waals surface area contributed by atoms with Crippen molar-refractivity contribution in [2.75, 3.05) is 24.4 Å². The number of nitrogens with zero attached hydrogens (tertiary/aromatic N) is 5. The van der Waals surface area contributed by atoms with Crippen LogP contribution in [0.25, 0.3) is 11.3 Å². The van der Waals surface area contributed by atoms with Crippen LogP contribution in [0.5, 0.6) is 0 Å². The molecule has 2 aromatic carbocycles. The number of rotatable bonds is 5. The van der Waals surface area contributed by atoms with Gasteiger partial charge in [-0.1, -0.05) is 67.1 Å². The van der Waals surface area contributed by atoms with Crippen molar-refractivity contribution < 1.29 is 14.1 Å². The summed E-state index contributed by atoms with van der Waals surface area (Å²) in [6, 6.07) is 14.1. The minimum absolute atomic E-state index is 0.109. The third-order valence-corrected chi connectivity index (χ3v) is 10.1. The number of hydrogen-bond donors (Lipinski definition) is 1. The second-order valence-electron chi connectivity index (χ2n) is 11.0. The molecule has 220 valence electrons. The molecule has 5 rings (SSSR count). The lowest BCUT2D eigenvalue weighted by Crippen LogP contribution is -2.59. The van der Waals surface area contributed by atoms with Gasteiger partial charge in [0.2, 0.25) is 5.91 Å². The van der Waals surface area contributed by atoms with Crippen LogP contribution < -0.4 is 4.67 Å². The summed E-state index contributed by atoms with van der Waals surface area (Å²) in [7, 11) is -3.25. The number of carbonyl (C=O) groups is 1. The molecule has 2 aliphatic heterocycles. The van der Waals surface area contributed by atoms with Crippen LogP contribution in [0.1, 0.15) is 44.4 Å². The highest BCUT2D eigenvalue weighted by Gasteiger charge is 2.51. The van der Waals surface area contributed by atoms with Crippen LogP contribution in [0.4, 0.5) is 15.9 Å². The van der Waals surface area contributed by atoms with E-state index in [2.05, 4.69) is 37.5 Å². The molecule has 3 atom stereocenters. The van der Waals surface area contributed by atoms with Gasteiger partial charge in [-0.2, -0.15) is 4.67 Å². The summed E-state index contributed by atoms with van der Waals surface area (Å²) in [5, 5.41) is 0.284. The fourth-order valence-corrected chi connectivity index (χ4v) is 8.02. The zero-order chi connectivity index (χ0) is 30.3. The molecule has 1 unspecified atom stereocenters. The van der Waals surface area contributed by atoms with Crippen molar-refractivity contribution in [1.82, 2.24) is 14.8 Å². The number of piperazine rings is 1. The average Bonchev–Trinajstić information content (AvgIpc) is 2.97. The molecule has 3 aromatic rings. The van der Waals surface area contributed by atoms with E-state index in [4.69, 9.17) is 21.3 Å². The van der Waals surface area contributed by atoms with E-state index in [-0.39, 0.29) is 28.6 Å². The Kier molecular flexibility index (Phi) is 8.44. The van der Waals surface area contributed by atoms with Crippen LogP contribution in [-0.4, -0.2) is 63.3 Å². The van der Waals surface area contributed by atoms with Gasteiger partial charge in [-0.25, -0.2) is 14.3 Å². The Morgan fingerprint density at radius 3 is 2.38 bits per heavy atom. The quantitative estimate of drug-likeness (QED) is 0.248. The van der Waals surface area contributed by atoms with E-state index in [9.17, 15) is 9.69 Å². The maximum Gasteiger partial charge on any atom is 0.358 e. The number of amides is 1. The van der Waals surface area contributed by atoms with E-state index in [1.54, 1.807) is 35.8 Å². The Morgan fingerprint density at radius 1 is 1.10 bits per heavy atom. The van der Waals surface area contributed by atoms with Crippen molar-refractivity contribution in [3.05, 3.63) is 88.7 Å². The Morgan fingerprint density at radius 2 is 1.76 bits per heavy atom. The zero-order valence-electron chi connectivity index (χ0n) is 24.7. The summed E-state index contributed by atoms with van der Waals surface area (Å²) in [6.07, 6.45) is 2.82. The van der Waals surface area contributed by atoms with Crippen molar-refractivity contribution in [3.63, 3.8) is 0 Å². The number of para-hydroxylation sites is 1. The molecule has 1 N–H and O–H groups in total. The Bertz CT molecular complexity index is 1560. The fraction of sp³-hybridized carbons (Fsp3) is 0.344. The molecule has 1 fully saturated rings. The van der Waals surface area contributed by atoms with Crippen molar-refractivity contribution in [3.8, 4) is 11.3 Å². The lowest BCUT2D eigenvalue weighted by Gasteiger charge is -2.46. The van der Waals surface area contributed by atoms with Gasteiger partial charge in [0.1, 0.15) is 12.5 Å². The number of anilines is 2. The van der Waals surface area contributed by atoms with Crippen molar-refractivity contribution in [2.24, 2.45) is 4.76 Å². The highest BCUT2D eigenvalue weighted by molar-refractivity contribution is 7.70. The molecule has 0 bridgehead atoms. The lowest BCUT2D eigenvalue weighted by molar-refractivity contribution is -0.130. The highest BCUT2D eigenvalue weighted by Crippen LogP contribution is 2.66. The standard InChI is InChI=1S/C32H37ClFN5O2P/c1-7-22-13-12-14-23(8-2)30(22)39-31-25(17-26(33)29(35-31)24-15-10-11-16-27(24)34)32(36-42(39,6)41)38-19-20(4)37(18-21(38)5)28(40)9-3/h9-17,20-21,41H,3,7-8,18-19H2,1-2,4-6H3/q+1/t20-,21+,42?/m1/s1. The second kappa shape index (κ2) is 11.8. The van der Waals surface area contributed by atoms with E-state index in [1.807, 2.05) is 24.6 Å². The largest absolute Gasteiger partial charge is 0.358 e. The van der Waals surface area contributed by atoms with Crippen LogP contribution in [0.15, 0.2) is 65.9 Å². The van der Waals surface area contributed by atoms with Gasteiger partial charge in [-0.15, -0.1) is 0 Å². The molecule has 0 aliphatic carbocycles. The number of amidine groups is 1. The van der Waals surface area contributed by atoms with Crippen LogP contribution in [0, 0.1) is 5.82 Å². The number of aromatic nitrogens is 1. The van der Waals surface area contributed by atoms with Crippen LogP contribution in [-0.2, 0) is 17.6 Å². The van der Waals surface area contributed by atoms with E-state index < -0.39 is 13.6 Å². The molecule has 2 aliphatic rings. The molecule has 1 amide bonds. The SMILES string of the molecule is C=CC(=O)N1C[C@H](C)N(C2=N[P+](C)(O)N(c3c(CC)cccc3CC)c3nc(-c4ccccc4F)c(Cl)cc32)C[C@H]1C. The van der Waals surface area contributed by atoms with Gasteiger partial charge in [-0.3, -0.25) is 4.79 Å². The first kappa shape index (κ1) is 30.1. The van der Waals surface area contributed by atoms with Gasteiger partial charge >= 0.3 is 7.79 Å². The topological polar surface area (TPSA) is 72.3 Å². The number of hydrogen-bond acceptors (Lipinski definition) is 6. The summed E-state index contributed by atoms with van der Waals surface area (Å²) >= 11 is 6.86. The van der Waals surface area contributed by atoms with Gasteiger partial charge < -0.3 is 9.80 Å². The molecular formula is C32H37ClFN5O2P+.